The molecule has 1 saturated heterocycles. The van der Waals surface area contributed by atoms with Crippen molar-refractivity contribution in [3.05, 3.63) is 53.1 Å². The summed E-state index contributed by atoms with van der Waals surface area (Å²) in [4.78, 5) is 34.7. The number of hydrogen-bond donors (Lipinski definition) is 7. The van der Waals surface area contributed by atoms with Crippen LogP contribution in [0.15, 0.2) is 46.4 Å². The Balaban J connectivity index is 1.40. The molecule has 0 unspecified atom stereocenters. The standard InChI is InChI=1S/C28H29N3O11/c32-11-22-24(36)25(37)26(38)28(42-22)41-21-9-17-14(8-20(21)34)7-18(27(39)40)31(17)23(35)4-2-13-1-3-19(33)15(5-13)6-16-10-29-12-30-16/h1-5,8-10,18,22,24-26,28,32-34,36-38H,6-7,11-12H2,(H,39,40)/t18-,22-,24-,25+,26-,28+/m1/s1. The van der Waals surface area contributed by atoms with Crippen LogP contribution >= 0.6 is 0 Å². The van der Waals surface area contributed by atoms with E-state index >= 15 is 0 Å². The quantitative estimate of drug-likeness (QED) is 0.194. The normalized spacial score (nSPS) is 26.9. The molecular weight excluding hydrogens is 554 g/mol. The molecule has 0 bridgehead atoms. The number of carboxylic acid groups (broad SMARTS) is 1. The number of phenols is 2. The van der Waals surface area contributed by atoms with Crippen LogP contribution in [0.3, 0.4) is 0 Å². The van der Waals surface area contributed by atoms with E-state index in [4.69, 9.17) is 9.47 Å². The third-order valence-electron chi connectivity index (χ3n) is 7.25. The minimum atomic E-state index is -1.76. The fraction of sp³-hybridized carbons (Fsp3) is 0.357. The van der Waals surface area contributed by atoms with Crippen molar-refractivity contribution in [2.45, 2.75) is 49.6 Å². The molecule has 42 heavy (non-hydrogen) atoms. The van der Waals surface area contributed by atoms with Gasteiger partial charge in [0.2, 0.25) is 6.29 Å². The predicted octanol–water partition coefficient (Wildman–Crippen LogP) is -0.642. The number of amides is 1. The molecule has 0 saturated carbocycles. The molecule has 2 aromatic carbocycles. The van der Waals surface area contributed by atoms with E-state index in [1.165, 1.54) is 30.4 Å². The second-order valence-corrected chi connectivity index (χ2v) is 10.0. The van der Waals surface area contributed by atoms with E-state index in [2.05, 4.69) is 9.98 Å². The molecule has 222 valence electrons. The molecule has 0 spiro atoms. The summed E-state index contributed by atoms with van der Waals surface area (Å²) in [5, 5.41) is 70.4. The van der Waals surface area contributed by atoms with Crippen LogP contribution in [0.5, 0.6) is 17.2 Å². The summed E-state index contributed by atoms with van der Waals surface area (Å²) >= 11 is 0. The van der Waals surface area contributed by atoms with E-state index in [9.17, 15) is 45.3 Å². The highest BCUT2D eigenvalue weighted by Crippen LogP contribution is 2.42. The lowest BCUT2D eigenvalue weighted by Crippen LogP contribution is -2.60. The number of carboxylic acids is 1. The topological polar surface area (TPSA) is 222 Å². The summed E-state index contributed by atoms with van der Waals surface area (Å²) in [5.41, 5.74) is 2.30. The van der Waals surface area contributed by atoms with Gasteiger partial charge in [0.25, 0.3) is 5.91 Å². The summed E-state index contributed by atoms with van der Waals surface area (Å²) in [6, 6.07) is 5.87. The number of aliphatic hydroxyl groups excluding tert-OH is 4. The highest BCUT2D eigenvalue weighted by Gasteiger charge is 2.45. The zero-order chi connectivity index (χ0) is 30.1. The van der Waals surface area contributed by atoms with E-state index in [-0.39, 0.29) is 23.6 Å². The Morgan fingerprint density at radius 3 is 2.55 bits per heavy atom. The van der Waals surface area contributed by atoms with Crippen molar-refractivity contribution < 1.29 is 54.8 Å². The fourth-order valence-corrected chi connectivity index (χ4v) is 5.02. The number of benzene rings is 2. The molecule has 2 aromatic rings. The maximum absolute atomic E-state index is 13.4. The molecule has 1 fully saturated rings. The first kappa shape index (κ1) is 29.2. The number of aliphatic hydroxyl groups is 4. The molecule has 7 N–H and O–H groups in total. The Hall–Kier alpha value is -4.34. The fourth-order valence-electron chi connectivity index (χ4n) is 5.02. The number of anilines is 1. The minimum absolute atomic E-state index is 0.0487. The molecule has 0 aromatic heterocycles. The van der Waals surface area contributed by atoms with Crippen LogP contribution < -0.4 is 9.64 Å². The first-order valence-corrected chi connectivity index (χ1v) is 13.0. The summed E-state index contributed by atoms with van der Waals surface area (Å²) < 4.78 is 10.9. The number of carbonyl (C=O) groups is 2. The van der Waals surface area contributed by atoms with Crippen molar-refractivity contribution >= 4 is 35.6 Å². The van der Waals surface area contributed by atoms with Crippen LogP contribution in [0.4, 0.5) is 5.69 Å². The third kappa shape index (κ3) is 5.70. The second-order valence-electron chi connectivity index (χ2n) is 10.0. The zero-order valence-corrected chi connectivity index (χ0v) is 22.0. The average Bonchev–Trinajstić information content (AvgIpc) is 3.61. The summed E-state index contributed by atoms with van der Waals surface area (Å²) in [6.07, 6.45) is -3.47. The Kier molecular flexibility index (Phi) is 8.24. The van der Waals surface area contributed by atoms with Crippen molar-refractivity contribution in [1.82, 2.24) is 0 Å². The minimum Gasteiger partial charge on any atom is -0.508 e. The van der Waals surface area contributed by atoms with E-state index in [0.717, 1.165) is 4.90 Å². The first-order chi connectivity index (χ1) is 20.1. The van der Waals surface area contributed by atoms with Crippen LogP contribution in [0.2, 0.25) is 0 Å². The predicted molar refractivity (Wildman–Crippen MR) is 147 cm³/mol. The highest BCUT2D eigenvalue weighted by atomic mass is 16.7. The van der Waals surface area contributed by atoms with Gasteiger partial charge < -0.3 is 45.2 Å². The molecule has 6 atom stereocenters. The average molecular weight is 584 g/mol. The molecular formula is C28H29N3O11. The first-order valence-electron chi connectivity index (χ1n) is 13.0. The summed E-state index contributed by atoms with van der Waals surface area (Å²) in [6.45, 7) is -0.360. The molecule has 5 rings (SSSR count). The van der Waals surface area contributed by atoms with Crippen molar-refractivity contribution in [2.24, 2.45) is 9.98 Å². The smallest absolute Gasteiger partial charge is 0.327 e. The number of rotatable bonds is 8. The van der Waals surface area contributed by atoms with Gasteiger partial charge in [-0.15, -0.1) is 0 Å². The number of fused-ring (bicyclic) bond motifs is 1. The molecule has 0 radical (unpaired) electrons. The van der Waals surface area contributed by atoms with E-state index in [1.807, 2.05) is 0 Å². The number of phenolic OH excluding ortho intramolecular Hbond substituents is 2. The van der Waals surface area contributed by atoms with Crippen LogP contribution in [0, 0.1) is 0 Å². The Morgan fingerprint density at radius 2 is 1.86 bits per heavy atom. The van der Waals surface area contributed by atoms with Gasteiger partial charge in [-0.1, -0.05) is 6.07 Å². The van der Waals surface area contributed by atoms with Crippen LogP contribution in [-0.4, -0.2) is 110 Å². The molecule has 3 aliphatic rings. The summed E-state index contributed by atoms with van der Waals surface area (Å²) in [5.74, 6) is -2.67. The van der Waals surface area contributed by atoms with Gasteiger partial charge in [-0.05, 0) is 35.4 Å². The number of aromatic hydroxyl groups is 2. The van der Waals surface area contributed by atoms with E-state index < -0.39 is 61.0 Å². The second kappa shape index (κ2) is 11.9. The van der Waals surface area contributed by atoms with Crippen molar-refractivity contribution in [2.75, 3.05) is 18.2 Å². The molecule has 14 heteroatoms. The van der Waals surface area contributed by atoms with Gasteiger partial charge >= 0.3 is 5.97 Å². The van der Waals surface area contributed by atoms with Crippen LogP contribution in [0.1, 0.15) is 16.7 Å². The Morgan fingerprint density at radius 1 is 1.07 bits per heavy atom. The Labute approximate surface area is 238 Å². The maximum atomic E-state index is 13.4. The lowest BCUT2D eigenvalue weighted by Gasteiger charge is -2.39. The third-order valence-corrected chi connectivity index (χ3v) is 7.25. The number of ether oxygens (including phenoxy) is 2. The van der Waals surface area contributed by atoms with E-state index in [0.29, 0.717) is 35.5 Å². The lowest BCUT2D eigenvalue weighted by atomic mass is 9.99. The maximum Gasteiger partial charge on any atom is 0.327 e. The van der Waals surface area contributed by atoms with Gasteiger partial charge in [0.1, 0.15) is 42.9 Å². The van der Waals surface area contributed by atoms with E-state index in [1.54, 1.807) is 18.3 Å². The Bertz CT molecular complexity index is 1470. The van der Waals surface area contributed by atoms with Crippen molar-refractivity contribution in [3.63, 3.8) is 0 Å². The van der Waals surface area contributed by atoms with Gasteiger partial charge in [0.15, 0.2) is 11.5 Å². The highest BCUT2D eigenvalue weighted by molar-refractivity contribution is 6.32. The van der Waals surface area contributed by atoms with Gasteiger partial charge in [0, 0.05) is 36.8 Å². The van der Waals surface area contributed by atoms with Gasteiger partial charge in [-0.3, -0.25) is 19.7 Å². The van der Waals surface area contributed by atoms with Crippen LogP contribution in [-0.2, 0) is 27.2 Å². The number of aliphatic carboxylic acids is 1. The van der Waals surface area contributed by atoms with Crippen molar-refractivity contribution in [3.8, 4) is 17.2 Å². The zero-order valence-electron chi connectivity index (χ0n) is 22.0. The lowest BCUT2D eigenvalue weighted by molar-refractivity contribution is -0.277. The number of aliphatic imine (C=N–C) groups is 2. The van der Waals surface area contributed by atoms with Crippen molar-refractivity contribution in [1.29, 1.82) is 0 Å². The van der Waals surface area contributed by atoms with Gasteiger partial charge in [-0.25, -0.2) is 4.79 Å². The largest absolute Gasteiger partial charge is 0.508 e. The molecule has 14 nitrogen and oxygen atoms in total. The molecule has 3 aliphatic heterocycles. The van der Waals surface area contributed by atoms with Gasteiger partial charge in [0.05, 0.1) is 18.0 Å². The SMILES string of the molecule is O=C(O)[C@H]1Cc2cc(O)c(O[C@H]3O[C@H](CO)[C@@H](O)[C@H](O)[C@H]3O)cc2N1C(=O)C=Cc1ccc(O)c(CC2=NCN=C2)c1. The number of nitrogens with zero attached hydrogens (tertiary/aromatic N) is 3. The summed E-state index contributed by atoms with van der Waals surface area (Å²) in [7, 11) is 0. The number of carbonyl (C=O) groups excluding carboxylic acids is 1. The van der Waals surface area contributed by atoms with Gasteiger partial charge in [-0.2, -0.15) is 0 Å². The molecule has 1 amide bonds. The number of hydrogen-bond acceptors (Lipinski definition) is 12. The monoisotopic (exact) mass is 583 g/mol. The molecule has 3 heterocycles. The molecule has 0 aliphatic carbocycles. The van der Waals surface area contributed by atoms with Crippen LogP contribution in [0.25, 0.3) is 6.08 Å².